The van der Waals surface area contributed by atoms with Crippen molar-refractivity contribution in [3.8, 4) is 5.75 Å². The summed E-state index contributed by atoms with van der Waals surface area (Å²) < 4.78 is 18.6. The van der Waals surface area contributed by atoms with Gasteiger partial charge in [-0.2, -0.15) is 0 Å². The Labute approximate surface area is 331 Å². The van der Waals surface area contributed by atoms with Crippen molar-refractivity contribution >= 4 is 28.5 Å². The van der Waals surface area contributed by atoms with Gasteiger partial charge >= 0.3 is 11.9 Å². The number of benzene rings is 2. The van der Waals surface area contributed by atoms with Gasteiger partial charge in [-0.15, -0.1) is 0 Å². The minimum atomic E-state index is -1.44. The zero-order valence-electron chi connectivity index (χ0n) is 34.5. The first-order chi connectivity index (χ1) is 26.7. The Morgan fingerprint density at radius 2 is 1.79 bits per heavy atom. The molecule has 1 aliphatic carbocycles. The minimum Gasteiger partial charge on any atom is -0.496 e. The van der Waals surface area contributed by atoms with Crippen LogP contribution < -0.4 is 15.4 Å². The standard InChI is InChI=1S/C45H61N5O6/c1-9-42(46)19-20-44(40(52)55-8,36-30(17-23-49(11-3)27-42)29-15-12-13-16-33(29)47-36)32-25-31-34(26-35(32)54-7)48(6)37-41(5,53)39(56-28(4)51)43(10-2)18-14-22-50-24-21-45(31,37)38(43)50/h12-16,18,25-26,37-39,47,53H,9-11,17,19-24,27,46H2,1-8H3/t37?,38-,39-,41-,42?,43+,44-,45-/m0/s1. The number of aliphatic hydroxyl groups is 1. The van der Waals surface area contributed by atoms with Crippen molar-refractivity contribution in [1.29, 1.82) is 0 Å². The molecule has 0 bridgehead atoms. The summed E-state index contributed by atoms with van der Waals surface area (Å²) in [6, 6.07) is 12.1. The largest absolute Gasteiger partial charge is 0.496 e. The Kier molecular flexibility index (Phi) is 9.46. The molecule has 302 valence electrons. The third kappa shape index (κ3) is 5.15. The third-order valence-electron chi connectivity index (χ3n) is 15.1. The average Bonchev–Trinajstić information content (AvgIpc) is 3.85. The van der Waals surface area contributed by atoms with E-state index in [9.17, 15) is 9.90 Å². The van der Waals surface area contributed by atoms with Crippen LogP contribution in [0.2, 0.25) is 0 Å². The van der Waals surface area contributed by atoms with Crippen molar-refractivity contribution in [3.05, 3.63) is 70.9 Å². The van der Waals surface area contributed by atoms with E-state index in [0.29, 0.717) is 31.6 Å². The second-order valence-corrected chi connectivity index (χ2v) is 17.6. The topological polar surface area (TPSA) is 134 Å². The fourth-order valence-corrected chi connectivity index (χ4v) is 12.7. The van der Waals surface area contributed by atoms with Crippen LogP contribution in [0.15, 0.2) is 48.6 Å². The van der Waals surface area contributed by atoms with E-state index in [1.807, 2.05) is 20.0 Å². The van der Waals surface area contributed by atoms with Gasteiger partial charge in [-0.05, 0) is 81.8 Å². The molecule has 4 aliphatic heterocycles. The van der Waals surface area contributed by atoms with Crippen LogP contribution in [0, 0.1) is 5.41 Å². The van der Waals surface area contributed by atoms with Gasteiger partial charge in [0.25, 0.3) is 0 Å². The molecule has 1 saturated carbocycles. The van der Waals surface area contributed by atoms with E-state index in [2.05, 4.69) is 82.9 Å². The highest BCUT2D eigenvalue weighted by Gasteiger charge is 2.77. The molecule has 2 aromatic carbocycles. The van der Waals surface area contributed by atoms with Gasteiger partial charge in [0.1, 0.15) is 22.9 Å². The lowest BCUT2D eigenvalue weighted by atomic mass is 9.48. The van der Waals surface area contributed by atoms with Gasteiger partial charge in [0.15, 0.2) is 0 Å². The first-order valence-corrected chi connectivity index (χ1v) is 20.7. The Bertz CT molecular complexity index is 2080. The molecule has 2 fully saturated rings. The summed E-state index contributed by atoms with van der Waals surface area (Å²) in [7, 11) is 5.18. The fraction of sp³-hybridized carbons (Fsp3) is 0.600. The number of carbonyl (C=O) groups is 2. The number of nitrogens with zero attached hydrogens (tertiary/aromatic N) is 3. The quantitative estimate of drug-likeness (QED) is 0.218. The van der Waals surface area contributed by atoms with Crippen molar-refractivity contribution < 1.29 is 28.9 Å². The summed E-state index contributed by atoms with van der Waals surface area (Å²) in [6.07, 6.45) is 7.51. The zero-order valence-corrected chi connectivity index (χ0v) is 34.5. The molecule has 4 N–H and O–H groups in total. The number of likely N-dealkylation sites (N-methyl/N-ethyl adjacent to an activating group) is 2. The number of H-pyrrole nitrogens is 1. The molecular weight excluding hydrogens is 707 g/mol. The summed E-state index contributed by atoms with van der Waals surface area (Å²) >= 11 is 0. The van der Waals surface area contributed by atoms with Crippen molar-refractivity contribution in [2.24, 2.45) is 11.1 Å². The van der Waals surface area contributed by atoms with Gasteiger partial charge < -0.3 is 39.8 Å². The Morgan fingerprint density at radius 1 is 1.02 bits per heavy atom. The van der Waals surface area contributed by atoms with Gasteiger partial charge in [0.2, 0.25) is 0 Å². The molecule has 11 nitrogen and oxygen atoms in total. The molecule has 2 unspecified atom stereocenters. The number of nitrogens with one attached hydrogen (secondary N) is 1. The van der Waals surface area contributed by atoms with Crippen LogP contribution in [0.4, 0.5) is 5.69 Å². The van der Waals surface area contributed by atoms with Crippen LogP contribution in [0.3, 0.4) is 0 Å². The van der Waals surface area contributed by atoms with Crippen LogP contribution in [-0.4, -0.2) is 115 Å². The number of methoxy groups -OCH3 is 2. The van der Waals surface area contributed by atoms with E-state index in [0.717, 1.165) is 84.4 Å². The number of fused-ring (bicyclic) bond motifs is 4. The lowest BCUT2D eigenvalue weighted by Gasteiger charge is -2.64. The SMILES string of the molecule is CCN1CCc2c([nH]c3ccccc23)[C@@](C(=O)OC)(c2cc3c(cc2OC)N(C)C2[C@](C)(O)[C@H](OC(C)=O)[C@]4(CC)C=CCN5CC[C@]32[C@@H]54)CCC(N)(CC)C1. The molecule has 11 heteroatoms. The number of nitrogens with two attached hydrogens (primary N) is 1. The minimum absolute atomic E-state index is 0.0805. The molecule has 1 saturated heterocycles. The van der Waals surface area contributed by atoms with Crippen molar-refractivity contribution in [2.75, 3.05) is 58.9 Å². The molecule has 8 rings (SSSR count). The van der Waals surface area contributed by atoms with Crippen LogP contribution in [-0.2, 0) is 36.3 Å². The van der Waals surface area contributed by atoms with E-state index >= 15 is 4.79 Å². The van der Waals surface area contributed by atoms with E-state index < -0.39 is 45.5 Å². The second-order valence-electron chi connectivity index (χ2n) is 17.6. The number of aromatic amines is 1. The summed E-state index contributed by atoms with van der Waals surface area (Å²) in [5.41, 5.74) is 8.43. The number of ether oxygens (including phenoxy) is 3. The van der Waals surface area contributed by atoms with Gasteiger partial charge in [-0.3, -0.25) is 14.5 Å². The van der Waals surface area contributed by atoms with E-state index in [-0.39, 0.29) is 12.0 Å². The summed E-state index contributed by atoms with van der Waals surface area (Å²) in [6.45, 7) is 13.7. The summed E-state index contributed by atoms with van der Waals surface area (Å²) in [5, 5.41) is 14.1. The van der Waals surface area contributed by atoms with E-state index in [1.165, 1.54) is 14.0 Å². The van der Waals surface area contributed by atoms with Gasteiger partial charge in [0, 0.05) is 89.9 Å². The number of aromatic nitrogens is 1. The van der Waals surface area contributed by atoms with Gasteiger partial charge in [-0.25, -0.2) is 0 Å². The Balaban J connectivity index is 1.44. The zero-order chi connectivity index (χ0) is 40.0. The molecular formula is C45H61N5O6. The van der Waals surface area contributed by atoms with Gasteiger partial charge in [0.05, 0.1) is 20.3 Å². The Morgan fingerprint density at radius 3 is 2.46 bits per heavy atom. The molecule has 56 heavy (non-hydrogen) atoms. The van der Waals surface area contributed by atoms with Crippen LogP contribution in [0.25, 0.3) is 10.9 Å². The highest BCUT2D eigenvalue weighted by molar-refractivity contribution is 5.94. The van der Waals surface area contributed by atoms with Crippen LogP contribution in [0.5, 0.6) is 5.75 Å². The van der Waals surface area contributed by atoms with E-state index in [1.54, 1.807) is 7.11 Å². The first kappa shape index (κ1) is 38.9. The predicted octanol–water partition coefficient (Wildman–Crippen LogP) is 5.19. The number of anilines is 1. The summed E-state index contributed by atoms with van der Waals surface area (Å²) in [5.74, 6) is -0.197. The lowest BCUT2D eigenvalue weighted by molar-refractivity contribution is -0.213. The van der Waals surface area contributed by atoms with Gasteiger partial charge in [-0.1, -0.05) is 51.1 Å². The Hall–Kier alpha value is -3.90. The van der Waals surface area contributed by atoms with Crippen molar-refractivity contribution in [3.63, 3.8) is 0 Å². The maximum absolute atomic E-state index is 15.2. The molecule has 5 aliphatic rings. The summed E-state index contributed by atoms with van der Waals surface area (Å²) in [4.78, 5) is 39.0. The van der Waals surface area contributed by atoms with Crippen LogP contribution in [0.1, 0.15) is 89.1 Å². The maximum Gasteiger partial charge on any atom is 0.322 e. The lowest BCUT2D eigenvalue weighted by Crippen LogP contribution is -2.78. The molecule has 5 heterocycles. The normalized spacial score (nSPS) is 35.4. The number of carbonyl (C=O) groups excluding carboxylic acids is 2. The average molecular weight is 768 g/mol. The monoisotopic (exact) mass is 767 g/mol. The number of esters is 2. The van der Waals surface area contributed by atoms with E-state index in [4.69, 9.17) is 19.9 Å². The molecule has 0 radical (unpaired) electrons. The predicted molar refractivity (Wildman–Crippen MR) is 218 cm³/mol. The molecule has 3 aromatic rings. The number of rotatable bonds is 7. The highest BCUT2D eigenvalue weighted by Crippen LogP contribution is 2.68. The molecule has 1 spiro atoms. The fourth-order valence-electron chi connectivity index (χ4n) is 12.7. The molecule has 8 atom stereocenters. The van der Waals surface area contributed by atoms with Crippen LogP contribution >= 0.6 is 0 Å². The number of hydrogen-bond donors (Lipinski definition) is 3. The maximum atomic E-state index is 15.2. The van der Waals surface area contributed by atoms with Crippen molar-refractivity contribution in [2.45, 2.75) is 113 Å². The third-order valence-corrected chi connectivity index (χ3v) is 15.1. The van der Waals surface area contributed by atoms with Crippen molar-refractivity contribution in [1.82, 2.24) is 14.8 Å². The second kappa shape index (κ2) is 13.6. The smallest absolute Gasteiger partial charge is 0.322 e. The molecule has 1 aromatic heterocycles. The first-order valence-electron chi connectivity index (χ1n) is 20.7. The highest BCUT2D eigenvalue weighted by atomic mass is 16.6. The molecule has 0 amide bonds. The number of hydrogen-bond acceptors (Lipinski definition) is 10. The number of para-hydroxylation sites is 1.